The molecule has 0 nitrogen and oxygen atoms in total. The SMILES string of the molecule is Fc1cc(C(Cl)c2ccccc2)cc(F)c1F. The highest BCUT2D eigenvalue weighted by atomic mass is 35.5. The Bertz CT molecular complexity index is 502. The summed E-state index contributed by atoms with van der Waals surface area (Å²) < 4.78 is 38.9. The Morgan fingerprint density at radius 2 is 1.35 bits per heavy atom. The van der Waals surface area contributed by atoms with Gasteiger partial charge >= 0.3 is 0 Å². The van der Waals surface area contributed by atoms with Crippen LogP contribution in [0.4, 0.5) is 13.2 Å². The van der Waals surface area contributed by atoms with Crippen LogP contribution in [-0.4, -0.2) is 0 Å². The summed E-state index contributed by atoms with van der Waals surface area (Å²) >= 11 is 6.07. The first kappa shape index (κ1) is 12.0. The van der Waals surface area contributed by atoms with E-state index in [1.54, 1.807) is 30.3 Å². The van der Waals surface area contributed by atoms with Crippen molar-refractivity contribution >= 4 is 11.6 Å². The van der Waals surface area contributed by atoms with E-state index in [9.17, 15) is 13.2 Å². The largest absolute Gasteiger partial charge is 0.204 e. The molecule has 0 aliphatic carbocycles. The van der Waals surface area contributed by atoms with Gasteiger partial charge in [-0.3, -0.25) is 0 Å². The van der Waals surface area contributed by atoms with Crippen LogP contribution in [0.2, 0.25) is 0 Å². The van der Waals surface area contributed by atoms with Crippen molar-refractivity contribution in [1.29, 1.82) is 0 Å². The molecule has 2 aromatic carbocycles. The van der Waals surface area contributed by atoms with Crippen LogP contribution in [0, 0.1) is 17.5 Å². The van der Waals surface area contributed by atoms with Gasteiger partial charge in [0.2, 0.25) is 0 Å². The highest BCUT2D eigenvalue weighted by Gasteiger charge is 2.16. The lowest BCUT2D eigenvalue weighted by atomic mass is 10.0. The summed E-state index contributed by atoms with van der Waals surface area (Å²) in [4.78, 5) is 0. The molecule has 2 rings (SSSR count). The van der Waals surface area contributed by atoms with Crippen LogP contribution < -0.4 is 0 Å². The standard InChI is InChI=1S/C13H8ClF3/c14-12(8-4-2-1-3-5-8)9-6-10(15)13(17)11(16)7-9/h1-7,12H. The summed E-state index contributed by atoms with van der Waals surface area (Å²) in [5.41, 5.74) is 0.883. The van der Waals surface area contributed by atoms with E-state index in [0.717, 1.165) is 12.1 Å². The summed E-state index contributed by atoms with van der Waals surface area (Å²) in [6.07, 6.45) is 0. The topological polar surface area (TPSA) is 0 Å². The minimum Gasteiger partial charge on any atom is -0.204 e. The Labute approximate surface area is 102 Å². The molecule has 1 unspecified atom stereocenters. The molecule has 1 atom stereocenters. The molecule has 88 valence electrons. The van der Waals surface area contributed by atoms with Gasteiger partial charge in [-0.2, -0.15) is 0 Å². The van der Waals surface area contributed by atoms with Crippen molar-refractivity contribution in [3.63, 3.8) is 0 Å². The molecule has 17 heavy (non-hydrogen) atoms. The second kappa shape index (κ2) is 4.80. The second-order valence-electron chi connectivity index (χ2n) is 3.57. The molecule has 0 saturated heterocycles. The third-order valence-corrected chi connectivity index (χ3v) is 2.89. The zero-order chi connectivity index (χ0) is 12.4. The van der Waals surface area contributed by atoms with Crippen LogP contribution in [0.25, 0.3) is 0 Å². The number of alkyl halides is 1. The van der Waals surface area contributed by atoms with Crippen LogP contribution in [0.5, 0.6) is 0 Å². The van der Waals surface area contributed by atoms with Gasteiger partial charge in [-0.1, -0.05) is 30.3 Å². The Hall–Kier alpha value is -1.48. The quantitative estimate of drug-likeness (QED) is 0.551. The average molecular weight is 257 g/mol. The Balaban J connectivity index is 2.41. The van der Waals surface area contributed by atoms with E-state index in [1.165, 1.54) is 0 Å². The molecular formula is C13H8ClF3. The molecule has 0 fully saturated rings. The van der Waals surface area contributed by atoms with Gasteiger partial charge < -0.3 is 0 Å². The number of benzene rings is 2. The molecule has 0 bridgehead atoms. The Morgan fingerprint density at radius 3 is 1.88 bits per heavy atom. The first-order valence-corrected chi connectivity index (χ1v) is 5.36. The highest BCUT2D eigenvalue weighted by molar-refractivity contribution is 6.22. The van der Waals surface area contributed by atoms with Crippen molar-refractivity contribution in [2.45, 2.75) is 5.38 Å². The third-order valence-electron chi connectivity index (χ3n) is 2.39. The summed E-state index contributed by atoms with van der Waals surface area (Å²) in [6, 6.07) is 10.6. The maximum Gasteiger partial charge on any atom is 0.194 e. The maximum atomic E-state index is 13.0. The molecule has 0 aliphatic heterocycles. The maximum absolute atomic E-state index is 13.0. The number of hydrogen-bond acceptors (Lipinski definition) is 0. The van der Waals surface area contributed by atoms with Gasteiger partial charge in [0.15, 0.2) is 17.5 Å². The fourth-order valence-electron chi connectivity index (χ4n) is 1.54. The van der Waals surface area contributed by atoms with Gasteiger partial charge in [0.05, 0.1) is 5.38 Å². The number of halogens is 4. The molecule has 0 aromatic heterocycles. The summed E-state index contributed by atoms with van der Waals surface area (Å²) in [5, 5.41) is -0.708. The third kappa shape index (κ3) is 2.44. The van der Waals surface area contributed by atoms with E-state index in [1.807, 2.05) is 0 Å². The first-order valence-electron chi connectivity index (χ1n) is 4.93. The van der Waals surface area contributed by atoms with Crippen molar-refractivity contribution in [3.8, 4) is 0 Å². The van der Waals surface area contributed by atoms with E-state index in [2.05, 4.69) is 0 Å². The lowest BCUT2D eigenvalue weighted by Crippen LogP contribution is -1.98. The van der Waals surface area contributed by atoms with Gasteiger partial charge in [-0.05, 0) is 23.3 Å². The van der Waals surface area contributed by atoms with Crippen molar-refractivity contribution in [2.24, 2.45) is 0 Å². The van der Waals surface area contributed by atoms with Crippen molar-refractivity contribution < 1.29 is 13.2 Å². The van der Waals surface area contributed by atoms with Crippen molar-refractivity contribution in [2.75, 3.05) is 0 Å². The number of rotatable bonds is 2. The average Bonchev–Trinajstić information content (AvgIpc) is 2.35. The van der Waals surface area contributed by atoms with E-state index in [0.29, 0.717) is 5.56 Å². The van der Waals surface area contributed by atoms with Crippen LogP contribution in [0.1, 0.15) is 16.5 Å². The molecule has 0 heterocycles. The molecule has 0 aliphatic rings. The Morgan fingerprint density at radius 1 is 0.824 bits per heavy atom. The van der Waals surface area contributed by atoms with Crippen molar-refractivity contribution in [3.05, 3.63) is 71.0 Å². The van der Waals surface area contributed by atoms with Crippen LogP contribution in [-0.2, 0) is 0 Å². The normalized spacial score (nSPS) is 12.5. The number of hydrogen-bond donors (Lipinski definition) is 0. The lowest BCUT2D eigenvalue weighted by Gasteiger charge is -2.10. The molecule has 2 aromatic rings. The predicted molar refractivity (Wildman–Crippen MR) is 60.5 cm³/mol. The summed E-state index contributed by atoms with van der Waals surface area (Å²) in [5.74, 6) is -3.95. The zero-order valence-corrected chi connectivity index (χ0v) is 9.39. The molecule has 4 heteroatoms. The Kier molecular flexibility index (Phi) is 3.38. The smallest absolute Gasteiger partial charge is 0.194 e. The van der Waals surface area contributed by atoms with Gasteiger partial charge in [0, 0.05) is 0 Å². The fraction of sp³-hybridized carbons (Fsp3) is 0.0769. The van der Waals surface area contributed by atoms with E-state index in [4.69, 9.17) is 11.6 Å². The fourth-order valence-corrected chi connectivity index (χ4v) is 1.81. The molecule has 0 amide bonds. The molecule has 0 N–H and O–H groups in total. The molecule has 0 spiro atoms. The zero-order valence-electron chi connectivity index (χ0n) is 8.63. The van der Waals surface area contributed by atoms with Gasteiger partial charge in [-0.15, -0.1) is 11.6 Å². The minimum atomic E-state index is -1.48. The lowest BCUT2D eigenvalue weighted by molar-refractivity contribution is 0.445. The molecular weight excluding hydrogens is 249 g/mol. The molecule has 0 radical (unpaired) electrons. The predicted octanol–water partition coefficient (Wildman–Crippen LogP) is 4.43. The van der Waals surface area contributed by atoms with Crippen molar-refractivity contribution in [1.82, 2.24) is 0 Å². The summed E-state index contributed by atoms with van der Waals surface area (Å²) in [7, 11) is 0. The highest BCUT2D eigenvalue weighted by Crippen LogP contribution is 2.30. The van der Waals surface area contributed by atoms with Gasteiger partial charge in [0.25, 0.3) is 0 Å². The van der Waals surface area contributed by atoms with E-state index in [-0.39, 0.29) is 5.56 Å². The van der Waals surface area contributed by atoms with Crippen LogP contribution in [0.3, 0.4) is 0 Å². The first-order chi connectivity index (χ1) is 8.09. The van der Waals surface area contributed by atoms with Gasteiger partial charge in [0.1, 0.15) is 0 Å². The monoisotopic (exact) mass is 256 g/mol. The minimum absolute atomic E-state index is 0.189. The molecule has 0 saturated carbocycles. The van der Waals surface area contributed by atoms with Crippen LogP contribution in [0.15, 0.2) is 42.5 Å². The second-order valence-corrected chi connectivity index (χ2v) is 4.01. The summed E-state index contributed by atoms with van der Waals surface area (Å²) in [6.45, 7) is 0. The van der Waals surface area contributed by atoms with Crippen LogP contribution >= 0.6 is 11.6 Å². The van der Waals surface area contributed by atoms with E-state index >= 15 is 0 Å². The van der Waals surface area contributed by atoms with Gasteiger partial charge in [-0.25, -0.2) is 13.2 Å². The van der Waals surface area contributed by atoms with E-state index < -0.39 is 22.8 Å².